The Hall–Kier alpha value is -3.44. The van der Waals surface area contributed by atoms with E-state index in [1.165, 1.54) is 7.11 Å². The van der Waals surface area contributed by atoms with Gasteiger partial charge >= 0.3 is 0 Å². The smallest absolute Gasteiger partial charge is 0.271 e. The van der Waals surface area contributed by atoms with Crippen LogP contribution in [0.4, 0.5) is 0 Å². The molecule has 0 aliphatic carbocycles. The molecule has 3 N–H and O–H groups in total. The van der Waals surface area contributed by atoms with E-state index in [1.807, 2.05) is 19.1 Å². The third-order valence-corrected chi connectivity index (χ3v) is 6.41. The molecule has 1 heterocycles. The predicted octanol–water partition coefficient (Wildman–Crippen LogP) is 3.17. The summed E-state index contributed by atoms with van der Waals surface area (Å²) in [5.74, 6) is 0.652. The number of benzene rings is 2. The molecule has 2 aromatic carbocycles. The minimum atomic E-state index is -0.583. The van der Waals surface area contributed by atoms with E-state index in [2.05, 4.69) is 20.7 Å². The molecule has 0 radical (unpaired) electrons. The lowest BCUT2D eigenvalue weighted by Crippen LogP contribution is -2.20. The number of hydrogen-bond donors (Lipinski definition) is 2. The molecule has 33 heavy (non-hydrogen) atoms. The monoisotopic (exact) mass is 485 g/mol. The first-order valence-electron chi connectivity index (χ1n) is 9.81. The van der Waals surface area contributed by atoms with E-state index in [0.717, 1.165) is 26.2 Å². The first-order chi connectivity index (χ1) is 15.9. The van der Waals surface area contributed by atoms with Crippen LogP contribution in [0.25, 0.3) is 0 Å². The second-order valence-electron chi connectivity index (χ2n) is 6.83. The predicted molar refractivity (Wildman–Crippen MR) is 128 cm³/mol. The summed E-state index contributed by atoms with van der Waals surface area (Å²) in [6.07, 6.45) is 0. The number of amides is 2. The molecule has 0 unspecified atom stereocenters. The average molecular weight is 486 g/mol. The molecule has 3 rings (SSSR count). The van der Waals surface area contributed by atoms with Gasteiger partial charge in [-0.3, -0.25) is 9.59 Å². The van der Waals surface area contributed by atoms with Crippen LogP contribution in [0.1, 0.15) is 33.4 Å². The Balaban J connectivity index is 1.59. The minimum absolute atomic E-state index is 0.252. The first-order valence-corrected chi connectivity index (χ1v) is 11.6. The maximum Gasteiger partial charge on any atom is 0.271 e. The van der Waals surface area contributed by atoms with Crippen molar-refractivity contribution in [1.29, 1.82) is 0 Å². The van der Waals surface area contributed by atoms with Crippen molar-refractivity contribution < 1.29 is 19.1 Å². The van der Waals surface area contributed by atoms with Gasteiger partial charge in [0, 0.05) is 16.9 Å². The molecule has 0 atom stereocenters. The van der Waals surface area contributed by atoms with E-state index in [-0.39, 0.29) is 12.5 Å². The van der Waals surface area contributed by atoms with Gasteiger partial charge in [0.05, 0.1) is 12.8 Å². The summed E-state index contributed by atoms with van der Waals surface area (Å²) in [7, 11) is 1.49. The van der Waals surface area contributed by atoms with Crippen LogP contribution in [-0.4, -0.2) is 41.4 Å². The van der Waals surface area contributed by atoms with Crippen LogP contribution in [0.2, 0.25) is 0 Å². The molecule has 0 bridgehead atoms. The number of primary amides is 1. The third-order valence-electron chi connectivity index (χ3n) is 4.36. The van der Waals surface area contributed by atoms with Gasteiger partial charge in [0.2, 0.25) is 0 Å². The zero-order valence-corrected chi connectivity index (χ0v) is 20.0. The lowest BCUT2D eigenvalue weighted by molar-refractivity contribution is -0.119. The summed E-state index contributed by atoms with van der Waals surface area (Å²) in [6, 6.07) is 12.4. The normalized spacial score (nSPS) is 11.2. The van der Waals surface area contributed by atoms with Gasteiger partial charge < -0.3 is 15.2 Å². The Morgan fingerprint density at radius 3 is 2.48 bits per heavy atom. The molecule has 0 saturated carbocycles. The standard InChI is InChI=1S/C22H23N5O4S2/c1-13(17-8-9-18(19(10-17)30-3)31-11-20(23)28)24-26-21(29)16-6-4-15(5-7-16)12-32-22-27-25-14(2)33-22/h4-10H,11-12H2,1-3H3,(H2,23,28)(H,26,29)/b24-13+. The Morgan fingerprint density at radius 1 is 1.12 bits per heavy atom. The number of methoxy groups -OCH3 is 1. The lowest BCUT2D eigenvalue weighted by Gasteiger charge is -2.11. The number of hydrogen-bond acceptors (Lipinski definition) is 9. The second-order valence-corrected chi connectivity index (χ2v) is 9.24. The van der Waals surface area contributed by atoms with Crippen molar-refractivity contribution in [3.8, 4) is 11.5 Å². The van der Waals surface area contributed by atoms with Crippen molar-refractivity contribution in [3.05, 3.63) is 64.2 Å². The summed E-state index contributed by atoms with van der Waals surface area (Å²) in [6.45, 7) is 3.43. The zero-order valence-electron chi connectivity index (χ0n) is 18.3. The number of aryl methyl sites for hydroxylation is 1. The van der Waals surface area contributed by atoms with Gasteiger partial charge in [0.1, 0.15) is 5.01 Å². The molecule has 3 aromatic rings. The maximum atomic E-state index is 12.5. The number of nitrogens with one attached hydrogen (secondary N) is 1. The Kier molecular flexibility index (Phi) is 8.39. The fourth-order valence-electron chi connectivity index (χ4n) is 2.66. The summed E-state index contributed by atoms with van der Waals surface area (Å²) >= 11 is 3.17. The fourth-order valence-corrected chi connectivity index (χ4v) is 4.43. The number of carbonyl (C=O) groups excluding carboxylic acids is 2. The van der Waals surface area contributed by atoms with Crippen LogP contribution >= 0.6 is 23.1 Å². The summed E-state index contributed by atoms with van der Waals surface area (Å²) in [5, 5.41) is 13.2. The fraction of sp³-hybridized carbons (Fsp3) is 0.227. The number of ether oxygens (including phenoxy) is 2. The van der Waals surface area contributed by atoms with Crippen molar-refractivity contribution in [1.82, 2.24) is 15.6 Å². The molecule has 0 aliphatic heterocycles. The van der Waals surface area contributed by atoms with Gasteiger partial charge in [0.15, 0.2) is 22.4 Å². The second kappa shape index (κ2) is 11.4. The van der Waals surface area contributed by atoms with E-state index in [1.54, 1.807) is 60.4 Å². The van der Waals surface area contributed by atoms with Crippen LogP contribution in [0.15, 0.2) is 51.9 Å². The molecule has 0 saturated heterocycles. The minimum Gasteiger partial charge on any atom is -0.493 e. The number of thioether (sulfide) groups is 1. The molecular weight excluding hydrogens is 462 g/mol. The number of rotatable bonds is 10. The number of nitrogens with zero attached hydrogens (tertiary/aromatic N) is 3. The van der Waals surface area contributed by atoms with E-state index in [9.17, 15) is 9.59 Å². The van der Waals surface area contributed by atoms with Crippen LogP contribution < -0.4 is 20.6 Å². The molecular formula is C22H23N5O4S2. The molecule has 11 heteroatoms. The summed E-state index contributed by atoms with van der Waals surface area (Å²) < 4.78 is 11.5. The SMILES string of the molecule is COc1cc(/C(C)=N/NC(=O)c2ccc(CSc3nnc(C)s3)cc2)ccc1OCC(N)=O. The topological polar surface area (TPSA) is 129 Å². The molecule has 0 aliphatic rings. The van der Waals surface area contributed by atoms with Gasteiger partial charge in [-0.2, -0.15) is 5.10 Å². The molecule has 9 nitrogen and oxygen atoms in total. The maximum absolute atomic E-state index is 12.5. The number of hydrazone groups is 1. The van der Waals surface area contributed by atoms with Gasteiger partial charge in [0.25, 0.3) is 11.8 Å². The number of carbonyl (C=O) groups is 2. The van der Waals surface area contributed by atoms with Crippen molar-refractivity contribution in [3.63, 3.8) is 0 Å². The average Bonchev–Trinajstić information content (AvgIpc) is 3.24. The highest BCUT2D eigenvalue weighted by Crippen LogP contribution is 2.28. The molecule has 2 amide bonds. The highest BCUT2D eigenvalue weighted by atomic mass is 32.2. The van der Waals surface area contributed by atoms with Crippen LogP contribution in [-0.2, 0) is 10.5 Å². The zero-order chi connectivity index (χ0) is 23.8. The molecule has 172 valence electrons. The molecule has 0 spiro atoms. The van der Waals surface area contributed by atoms with Crippen molar-refractivity contribution in [2.45, 2.75) is 23.9 Å². The highest BCUT2D eigenvalue weighted by molar-refractivity contribution is 8.00. The van der Waals surface area contributed by atoms with E-state index in [0.29, 0.717) is 22.8 Å². The van der Waals surface area contributed by atoms with Gasteiger partial charge in [-0.05, 0) is 49.7 Å². The number of nitrogens with two attached hydrogens (primary N) is 1. The molecule has 0 fully saturated rings. The van der Waals surface area contributed by atoms with Crippen LogP contribution in [0.5, 0.6) is 11.5 Å². The Morgan fingerprint density at radius 2 is 1.85 bits per heavy atom. The first kappa shape index (κ1) is 24.2. The molecule has 1 aromatic heterocycles. The highest BCUT2D eigenvalue weighted by Gasteiger charge is 2.10. The third kappa shape index (κ3) is 7.02. The summed E-state index contributed by atoms with van der Waals surface area (Å²) in [5.41, 5.74) is 10.5. The van der Waals surface area contributed by atoms with E-state index >= 15 is 0 Å². The Labute approximate surface area is 199 Å². The van der Waals surface area contributed by atoms with Gasteiger partial charge in [-0.25, -0.2) is 5.43 Å². The van der Waals surface area contributed by atoms with Crippen molar-refractivity contribution in [2.75, 3.05) is 13.7 Å². The number of aromatic nitrogens is 2. The Bertz CT molecular complexity index is 1160. The lowest BCUT2D eigenvalue weighted by atomic mass is 10.1. The quantitative estimate of drug-likeness (QED) is 0.256. The van der Waals surface area contributed by atoms with Crippen LogP contribution in [0, 0.1) is 6.92 Å². The van der Waals surface area contributed by atoms with Gasteiger partial charge in [-0.1, -0.05) is 35.2 Å². The largest absolute Gasteiger partial charge is 0.493 e. The summed E-state index contributed by atoms with van der Waals surface area (Å²) in [4.78, 5) is 23.4. The van der Waals surface area contributed by atoms with E-state index < -0.39 is 5.91 Å². The van der Waals surface area contributed by atoms with Crippen molar-refractivity contribution in [2.24, 2.45) is 10.8 Å². The van der Waals surface area contributed by atoms with Gasteiger partial charge in [-0.15, -0.1) is 10.2 Å². The van der Waals surface area contributed by atoms with E-state index in [4.69, 9.17) is 15.2 Å². The van der Waals surface area contributed by atoms with Crippen molar-refractivity contribution >= 4 is 40.6 Å². The van der Waals surface area contributed by atoms with Crippen LogP contribution in [0.3, 0.4) is 0 Å².